The van der Waals surface area contributed by atoms with Gasteiger partial charge in [0.1, 0.15) is 11.5 Å². The number of aldehydes is 1. The Morgan fingerprint density at radius 2 is 1.90 bits per heavy atom. The van der Waals surface area contributed by atoms with Crippen molar-refractivity contribution >= 4 is 17.9 Å². The van der Waals surface area contributed by atoms with E-state index in [0.717, 1.165) is 12.0 Å². The lowest BCUT2D eigenvalue weighted by atomic mass is 10.1. The normalized spacial score (nSPS) is 10.6. The van der Waals surface area contributed by atoms with Gasteiger partial charge in [0.2, 0.25) is 0 Å². The summed E-state index contributed by atoms with van der Waals surface area (Å²) >= 11 is 5.79. The second-order valence-electron chi connectivity index (χ2n) is 4.46. The van der Waals surface area contributed by atoms with Crippen LogP contribution in [0.25, 0.3) is 16.9 Å². The van der Waals surface area contributed by atoms with Crippen LogP contribution in [0.4, 0.5) is 4.39 Å². The molecule has 3 rings (SSSR count). The van der Waals surface area contributed by atoms with Crippen molar-refractivity contribution in [2.24, 2.45) is 0 Å². The molecule has 1 heterocycles. The monoisotopic (exact) mass is 300 g/mol. The minimum atomic E-state index is -0.504. The van der Waals surface area contributed by atoms with Crippen LogP contribution in [0, 0.1) is 5.82 Å². The molecule has 0 radical (unpaired) electrons. The number of halogens is 2. The zero-order valence-corrected chi connectivity index (χ0v) is 11.6. The van der Waals surface area contributed by atoms with Gasteiger partial charge in [-0.25, -0.2) is 9.07 Å². The van der Waals surface area contributed by atoms with E-state index in [1.54, 1.807) is 16.9 Å². The van der Waals surface area contributed by atoms with E-state index < -0.39 is 5.82 Å². The topological polar surface area (TPSA) is 34.9 Å². The summed E-state index contributed by atoms with van der Waals surface area (Å²) in [5.74, 6) is -0.504. The van der Waals surface area contributed by atoms with Gasteiger partial charge in [-0.05, 0) is 30.3 Å². The van der Waals surface area contributed by atoms with Crippen LogP contribution in [0.2, 0.25) is 5.02 Å². The van der Waals surface area contributed by atoms with Crippen molar-refractivity contribution < 1.29 is 9.18 Å². The van der Waals surface area contributed by atoms with Gasteiger partial charge in [-0.2, -0.15) is 5.10 Å². The zero-order chi connectivity index (χ0) is 14.8. The van der Waals surface area contributed by atoms with E-state index in [-0.39, 0.29) is 5.02 Å². The number of benzene rings is 2. The molecule has 0 saturated carbocycles. The van der Waals surface area contributed by atoms with Gasteiger partial charge in [0.25, 0.3) is 0 Å². The Morgan fingerprint density at radius 1 is 1.14 bits per heavy atom. The summed E-state index contributed by atoms with van der Waals surface area (Å²) in [6.45, 7) is 0. The maximum absolute atomic E-state index is 13.2. The molecule has 0 atom stereocenters. The maximum Gasteiger partial charge on any atom is 0.153 e. The molecule has 0 amide bonds. The summed E-state index contributed by atoms with van der Waals surface area (Å²) in [5, 5.41) is 4.40. The van der Waals surface area contributed by atoms with Crippen molar-refractivity contribution in [2.75, 3.05) is 0 Å². The third-order valence-electron chi connectivity index (χ3n) is 3.08. The van der Waals surface area contributed by atoms with Gasteiger partial charge in [0, 0.05) is 11.8 Å². The lowest BCUT2D eigenvalue weighted by Gasteiger charge is -2.01. The van der Waals surface area contributed by atoms with E-state index in [0.29, 0.717) is 16.8 Å². The lowest BCUT2D eigenvalue weighted by molar-refractivity contribution is 0.112. The SMILES string of the molecule is O=Cc1cn(-c2ccccc2)nc1-c1ccc(F)c(Cl)c1. The third kappa shape index (κ3) is 2.58. The molecule has 0 aliphatic heterocycles. The van der Waals surface area contributed by atoms with Gasteiger partial charge in [-0.3, -0.25) is 4.79 Å². The van der Waals surface area contributed by atoms with Gasteiger partial charge >= 0.3 is 0 Å². The Kier molecular flexibility index (Phi) is 3.54. The highest BCUT2D eigenvalue weighted by Crippen LogP contribution is 2.26. The Morgan fingerprint density at radius 3 is 2.57 bits per heavy atom. The number of para-hydroxylation sites is 1. The molecule has 104 valence electrons. The second-order valence-corrected chi connectivity index (χ2v) is 4.87. The fourth-order valence-corrected chi connectivity index (χ4v) is 2.23. The van der Waals surface area contributed by atoms with E-state index in [9.17, 15) is 9.18 Å². The smallest absolute Gasteiger partial charge is 0.153 e. The van der Waals surface area contributed by atoms with Crippen molar-refractivity contribution in [1.82, 2.24) is 9.78 Å². The van der Waals surface area contributed by atoms with E-state index in [1.807, 2.05) is 30.3 Å². The number of carbonyl (C=O) groups is 1. The Balaban J connectivity index is 2.12. The van der Waals surface area contributed by atoms with Gasteiger partial charge in [0.15, 0.2) is 6.29 Å². The molecule has 0 bridgehead atoms. The largest absolute Gasteiger partial charge is 0.298 e. The first kappa shape index (κ1) is 13.5. The van der Waals surface area contributed by atoms with Crippen molar-refractivity contribution in [3.05, 3.63) is 71.1 Å². The molecule has 21 heavy (non-hydrogen) atoms. The van der Waals surface area contributed by atoms with Crippen molar-refractivity contribution in [3.8, 4) is 16.9 Å². The highest BCUT2D eigenvalue weighted by atomic mass is 35.5. The van der Waals surface area contributed by atoms with Crippen LogP contribution in [-0.2, 0) is 0 Å². The fourth-order valence-electron chi connectivity index (χ4n) is 2.05. The molecule has 3 nitrogen and oxygen atoms in total. The number of aromatic nitrogens is 2. The molecule has 0 aliphatic rings. The van der Waals surface area contributed by atoms with Gasteiger partial charge < -0.3 is 0 Å². The zero-order valence-electron chi connectivity index (χ0n) is 10.8. The third-order valence-corrected chi connectivity index (χ3v) is 3.37. The van der Waals surface area contributed by atoms with Crippen LogP contribution in [0.3, 0.4) is 0 Å². The number of hydrogen-bond donors (Lipinski definition) is 0. The number of hydrogen-bond acceptors (Lipinski definition) is 2. The van der Waals surface area contributed by atoms with Crippen LogP contribution in [0.5, 0.6) is 0 Å². The first-order chi connectivity index (χ1) is 10.2. The molecule has 1 aromatic heterocycles. The second kappa shape index (κ2) is 5.50. The predicted octanol–water partition coefficient (Wildman–Crippen LogP) is 4.14. The highest BCUT2D eigenvalue weighted by molar-refractivity contribution is 6.31. The van der Waals surface area contributed by atoms with E-state index >= 15 is 0 Å². The Labute approximate surface area is 125 Å². The van der Waals surface area contributed by atoms with Crippen LogP contribution in [0.15, 0.2) is 54.7 Å². The predicted molar refractivity (Wildman–Crippen MR) is 79.4 cm³/mol. The fraction of sp³-hybridized carbons (Fsp3) is 0. The Bertz CT molecular complexity index is 799. The molecule has 3 aromatic rings. The van der Waals surface area contributed by atoms with Gasteiger partial charge in [-0.1, -0.05) is 29.8 Å². The number of carbonyl (C=O) groups excluding carboxylic acids is 1. The minimum Gasteiger partial charge on any atom is -0.298 e. The Hall–Kier alpha value is -2.46. The number of rotatable bonds is 3. The first-order valence-electron chi connectivity index (χ1n) is 6.25. The molecule has 0 aliphatic carbocycles. The molecular weight excluding hydrogens is 291 g/mol. The van der Waals surface area contributed by atoms with E-state index in [1.165, 1.54) is 12.1 Å². The van der Waals surface area contributed by atoms with E-state index in [4.69, 9.17) is 11.6 Å². The molecule has 0 N–H and O–H groups in total. The summed E-state index contributed by atoms with van der Waals surface area (Å²) in [5.41, 5.74) is 2.32. The van der Waals surface area contributed by atoms with Crippen LogP contribution >= 0.6 is 11.6 Å². The van der Waals surface area contributed by atoms with Gasteiger partial charge in [-0.15, -0.1) is 0 Å². The first-order valence-corrected chi connectivity index (χ1v) is 6.62. The lowest BCUT2D eigenvalue weighted by Crippen LogP contribution is -1.94. The van der Waals surface area contributed by atoms with Crippen LogP contribution in [-0.4, -0.2) is 16.1 Å². The molecule has 5 heteroatoms. The molecule has 2 aromatic carbocycles. The molecule has 0 fully saturated rings. The van der Waals surface area contributed by atoms with E-state index in [2.05, 4.69) is 5.10 Å². The summed E-state index contributed by atoms with van der Waals surface area (Å²) < 4.78 is 14.8. The van der Waals surface area contributed by atoms with Gasteiger partial charge in [0.05, 0.1) is 16.3 Å². The summed E-state index contributed by atoms with van der Waals surface area (Å²) in [6, 6.07) is 13.7. The summed E-state index contributed by atoms with van der Waals surface area (Å²) in [6.07, 6.45) is 2.36. The molecule has 0 saturated heterocycles. The maximum atomic E-state index is 13.2. The minimum absolute atomic E-state index is 0.00129. The van der Waals surface area contributed by atoms with Crippen molar-refractivity contribution in [3.63, 3.8) is 0 Å². The van der Waals surface area contributed by atoms with Crippen molar-refractivity contribution in [2.45, 2.75) is 0 Å². The number of nitrogens with zero attached hydrogens (tertiary/aromatic N) is 2. The molecule has 0 spiro atoms. The van der Waals surface area contributed by atoms with Crippen LogP contribution in [0.1, 0.15) is 10.4 Å². The van der Waals surface area contributed by atoms with Crippen LogP contribution < -0.4 is 0 Å². The molecular formula is C16H10ClFN2O. The summed E-state index contributed by atoms with van der Waals surface area (Å²) in [7, 11) is 0. The average Bonchev–Trinajstić information content (AvgIpc) is 2.95. The summed E-state index contributed by atoms with van der Waals surface area (Å²) in [4.78, 5) is 11.2. The van der Waals surface area contributed by atoms with Crippen molar-refractivity contribution in [1.29, 1.82) is 0 Å². The quantitative estimate of drug-likeness (QED) is 0.681. The average molecular weight is 301 g/mol. The standard InChI is InChI=1S/C16H10ClFN2O/c17-14-8-11(6-7-15(14)18)16-12(10-21)9-20(19-16)13-4-2-1-3-5-13/h1-10H. The highest BCUT2D eigenvalue weighted by Gasteiger charge is 2.13. The molecule has 0 unspecified atom stereocenters.